The average molecular weight is 471 g/mol. The van der Waals surface area contributed by atoms with E-state index in [1.807, 2.05) is 25.9 Å². The molecule has 0 radical (unpaired) electrons. The number of hydrogen-bond acceptors (Lipinski definition) is 6. The molecule has 1 atom stereocenters. The van der Waals surface area contributed by atoms with Gasteiger partial charge in [0.1, 0.15) is 30.2 Å². The minimum atomic E-state index is -4.47. The first-order valence-electron chi connectivity index (χ1n) is 10.1. The van der Waals surface area contributed by atoms with E-state index in [-0.39, 0.29) is 29.8 Å². The molecule has 11 heteroatoms. The molecular weight excluding hydrogens is 445 g/mol. The summed E-state index contributed by atoms with van der Waals surface area (Å²) in [6.45, 7) is 4.08. The minimum Gasteiger partial charge on any atom is -0.588 e. The Morgan fingerprint density at radius 3 is 2.53 bits per heavy atom. The summed E-state index contributed by atoms with van der Waals surface area (Å²) in [5.74, 6) is 0.0138. The van der Waals surface area contributed by atoms with Crippen molar-refractivity contribution in [3.63, 3.8) is 0 Å². The van der Waals surface area contributed by atoms with Crippen molar-refractivity contribution >= 4 is 23.0 Å². The third-order valence-corrected chi connectivity index (χ3v) is 6.41. The highest BCUT2D eigenvalue weighted by Gasteiger charge is 2.34. The van der Waals surface area contributed by atoms with Gasteiger partial charge >= 0.3 is 6.18 Å². The van der Waals surface area contributed by atoms with Crippen LogP contribution in [-0.2, 0) is 17.5 Å². The van der Waals surface area contributed by atoms with Crippen molar-refractivity contribution < 1.29 is 27.3 Å². The molecule has 2 heterocycles. The van der Waals surface area contributed by atoms with Gasteiger partial charge in [-0.2, -0.15) is 17.5 Å². The number of halogens is 3. The summed E-state index contributed by atoms with van der Waals surface area (Å²) < 4.78 is 58.7. The highest BCUT2D eigenvalue weighted by Crippen LogP contribution is 2.35. The lowest BCUT2D eigenvalue weighted by Crippen LogP contribution is -2.39. The van der Waals surface area contributed by atoms with E-state index in [1.54, 1.807) is 11.0 Å². The third kappa shape index (κ3) is 5.45. The number of anilines is 1. The Balaban J connectivity index is 1.86. The van der Waals surface area contributed by atoms with Crippen molar-refractivity contribution in [3.05, 3.63) is 47.7 Å². The first-order chi connectivity index (χ1) is 15.1. The van der Waals surface area contributed by atoms with Crippen molar-refractivity contribution in [2.75, 3.05) is 51.2 Å². The van der Waals surface area contributed by atoms with E-state index in [2.05, 4.69) is 4.98 Å². The van der Waals surface area contributed by atoms with Gasteiger partial charge in [0.15, 0.2) is 4.90 Å². The fraction of sp³-hybridized carbons (Fsp3) is 0.429. The predicted molar refractivity (Wildman–Crippen MR) is 115 cm³/mol. The van der Waals surface area contributed by atoms with Gasteiger partial charge in [-0.25, -0.2) is 4.98 Å². The molecule has 1 aromatic carbocycles. The van der Waals surface area contributed by atoms with Crippen molar-refractivity contribution in [1.82, 2.24) is 14.8 Å². The molecule has 0 aliphatic carbocycles. The molecule has 7 nitrogen and oxygen atoms in total. The van der Waals surface area contributed by atoms with Crippen molar-refractivity contribution in [2.24, 2.45) is 0 Å². The van der Waals surface area contributed by atoms with Crippen LogP contribution in [0.3, 0.4) is 0 Å². The van der Waals surface area contributed by atoms with Crippen LogP contribution in [0.5, 0.6) is 5.88 Å². The second-order valence-electron chi connectivity index (χ2n) is 7.46. The number of hydrogen-bond donors (Lipinski definition) is 0. The number of pyridine rings is 1. The molecule has 1 aliphatic rings. The third-order valence-electron chi connectivity index (χ3n) is 4.95. The Morgan fingerprint density at radius 2 is 1.94 bits per heavy atom. The van der Waals surface area contributed by atoms with Crippen LogP contribution in [0, 0.1) is 0 Å². The molecule has 0 bridgehead atoms. The predicted octanol–water partition coefficient (Wildman–Crippen LogP) is 3.05. The van der Waals surface area contributed by atoms with Gasteiger partial charge in [-0.05, 0) is 51.4 Å². The number of amides is 1. The molecule has 3 rings (SSSR count). The lowest BCUT2D eigenvalue weighted by atomic mass is 10.2. The van der Waals surface area contributed by atoms with Crippen LogP contribution in [0.15, 0.2) is 41.4 Å². The molecule has 0 saturated heterocycles. The molecular formula is C21H25F3N4O3S. The average Bonchev–Trinajstić information content (AvgIpc) is 2.77. The SMILES string of the molecule is CCN(CCN(C)C)C(=O)c1cnc2c(c1)N([S+]([O-])c1ccc(C(F)(F)F)cc1)CCO2. The molecule has 32 heavy (non-hydrogen) atoms. The quantitative estimate of drug-likeness (QED) is 0.580. The molecule has 1 amide bonds. The Hall–Kier alpha value is -2.50. The highest BCUT2D eigenvalue weighted by atomic mass is 32.2. The summed E-state index contributed by atoms with van der Waals surface area (Å²) in [6.07, 6.45) is -3.05. The second kappa shape index (κ2) is 9.97. The Morgan fingerprint density at radius 1 is 1.25 bits per heavy atom. The van der Waals surface area contributed by atoms with Crippen LogP contribution in [0.25, 0.3) is 0 Å². The first kappa shape index (κ1) is 24.1. The molecule has 0 spiro atoms. The Kier molecular flexibility index (Phi) is 7.52. The van der Waals surface area contributed by atoms with Crippen LogP contribution in [-0.4, -0.2) is 72.1 Å². The van der Waals surface area contributed by atoms with Gasteiger partial charge in [0.2, 0.25) is 5.88 Å². The van der Waals surface area contributed by atoms with Gasteiger partial charge in [-0.15, -0.1) is 0 Å². The normalized spacial score (nSPS) is 14.7. The maximum atomic E-state index is 13.1. The van der Waals surface area contributed by atoms with Gasteiger partial charge in [0.25, 0.3) is 5.91 Å². The standard InChI is InChI=1S/C21H25F3N4O3S/c1-4-27(10-9-26(2)3)20(29)15-13-18-19(25-14-15)31-12-11-28(18)32(30)17-7-5-16(6-8-17)21(22,23)24/h5-8,13-14H,4,9-12H2,1-3H3. The fourth-order valence-corrected chi connectivity index (χ4v) is 4.33. The molecule has 0 fully saturated rings. The molecule has 1 aliphatic heterocycles. The molecule has 1 unspecified atom stereocenters. The molecule has 2 aromatic rings. The van der Waals surface area contributed by atoms with Crippen LogP contribution in [0.4, 0.5) is 18.9 Å². The summed E-state index contributed by atoms with van der Waals surface area (Å²) in [5, 5.41) is 0. The van der Waals surface area contributed by atoms with E-state index in [9.17, 15) is 22.5 Å². The summed E-state index contributed by atoms with van der Waals surface area (Å²) in [6, 6.07) is 5.75. The van der Waals surface area contributed by atoms with Crippen LogP contribution >= 0.6 is 0 Å². The van der Waals surface area contributed by atoms with Gasteiger partial charge < -0.3 is 19.1 Å². The lowest BCUT2D eigenvalue weighted by Gasteiger charge is -2.30. The van der Waals surface area contributed by atoms with Crippen molar-refractivity contribution in [3.8, 4) is 5.88 Å². The van der Waals surface area contributed by atoms with E-state index in [1.165, 1.54) is 22.6 Å². The molecule has 1 aromatic heterocycles. The summed E-state index contributed by atoms with van der Waals surface area (Å²) in [5.41, 5.74) is -0.124. The summed E-state index contributed by atoms with van der Waals surface area (Å²) in [4.78, 5) is 21.1. The smallest absolute Gasteiger partial charge is 0.416 e. The largest absolute Gasteiger partial charge is 0.588 e. The zero-order chi connectivity index (χ0) is 23.5. The topological polar surface area (TPSA) is 72.0 Å². The number of benzene rings is 1. The number of alkyl halides is 3. The number of carbonyl (C=O) groups is 1. The van der Waals surface area contributed by atoms with Gasteiger partial charge in [-0.3, -0.25) is 4.79 Å². The van der Waals surface area contributed by atoms with Crippen LogP contribution < -0.4 is 9.04 Å². The number of carbonyl (C=O) groups excluding carboxylic acids is 1. The van der Waals surface area contributed by atoms with E-state index in [0.29, 0.717) is 30.9 Å². The monoisotopic (exact) mass is 470 g/mol. The molecule has 0 N–H and O–H groups in total. The summed E-state index contributed by atoms with van der Waals surface area (Å²) in [7, 11) is 3.84. The maximum absolute atomic E-state index is 13.1. The number of ether oxygens (including phenoxy) is 1. The summed E-state index contributed by atoms with van der Waals surface area (Å²) >= 11 is -1.80. The Bertz CT molecular complexity index is 941. The lowest BCUT2D eigenvalue weighted by molar-refractivity contribution is -0.137. The van der Waals surface area contributed by atoms with E-state index in [0.717, 1.165) is 12.1 Å². The minimum absolute atomic E-state index is 0.212. The van der Waals surface area contributed by atoms with E-state index in [4.69, 9.17) is 4.74 Å². The van der Waals surface area contributed by atoms with Crippen LogP contribution in [0.2, 0.25) is 0 Å². The molecule has 0 saturated carbocycles. The Labute approximate surface area is 188 Å². The number of aromatic nitrogens is 1. The number of nitrogens with zero attached hydrogens (tertiary/aromatic N) is 4. The van der Waals surface area contributed by atoms with Gasteiger partial charge in [-0.1, -0.05) is 0 Å². The second-order valence-corrected chi connectivity index (χ2v) is 8.87. The zero-order valence-electron chi connectivity index (χ0n) is 18.1. The van der Waals surface area contributed by atoms with Gasteiger partial charge in [0.05, 0.1) is 11.1 Å². The van der Waals surface area contributed by atoms with Crippen LogP contribution in [0.1, 0.15) is 22.8 Å². The van der Waals surface area contributed by atoms with E-state index < -0.39 is 23.1 Å². The first-order valence-corrected chi connectivity index (χ1v) is 11.2. The number of fused-ring (bicyclic) bond motifs is 1. The van der Waals surface area contributed by atoms with Crippen molar-refractivity contribution in [1.29, 1.82) is 0 Å². The zero-order valence-corrected chi connectivity index (χ0v) is 18.9. The van der Waals surface area contributed by atoms with E-state index >= 15 is 0 Å². The van der Waals surface area contributed by atoms with Crippen molar-refractivity contribution in [2.45, 2.75) is 18.0 Å². The van der Waals surface area contributed by atoms with Gasteiger partial charge in [0, 0.05) is 25.8 Å². The highest BCUT2D eigenvalue weighted by molar-refractivity contribution is 7.92. The fourth-order valence-electron chi connectivity index (χ4n) is 3.16. The number of likely N-dealkylation sites (N-methyl/N-ethyl adjacent to an activating group) is 2. The molecule has 174 valence electrons. The maximum Gasteiger partial charge on any atom is 0.416 e. The number of rotatable bonds is 7.